The lowest BCUT2D eigenvalue weighted by Gasteiger charge is -2.08. The van der Waals surface area contributed by atoms with Crippen LogP contribution in [0, 0.1) is 6.92 Å². The summed E-state index contributed by atoms with van der Waals surface area (Å²) in [5, 5.41) is 2.96. The molecule has 0 atom stereocenters. The highest BCUT2D eigenvalue weighted by Gasteiger charge is 2.09. The number of para-hydroxylation sites is 2. The Hall–Kier alpha value is -3.08. The van der Waals surface area contributed by atoms with Crippen LogP contribution in [0.4, 0.5) is 0 Å². The first-order chi connectivity index (χ1) is 12.7. The predicted octanol–water partition coefficient (Wildman–Crippen LogP) is 3.09. The van der Waals surface area contributed by atoms with Crippen molar-refractivity contribution >= 4 is 5.91 Å². The highest BCUT2D eigenvalue weighted by atomic mass is 16.5. The molecule has 0 saturated heterocycles. The van der Waals surface area contributed by atoms with Gasteiger partial charge in [0.05, 0.1) is 19.2 Å². The largest absolute Gasteiger partial charge is 0.496 e. The van der Waals surface area contributed by atoms with Gasteiger partial charge in [0, 0.05) is 30.4 Å². The van der Waals surface area contributed by atoms with E-state index in [1.165, 1.54) is 0 Å². The van der Waals surface area contributed by atoms with E-state index in [4.69, 9.17) is 4.74 Å². The van der Waals surface area contributed by atoms with E-state index in [1.807, 2.05) is 67.7 Å². The van der Waals surface area contributed by atoms with Gasteiger partial charge in [0.15, 0.2) is 0 Å². The highest BCUT2D eigenvalue weighted by Crippen LogP contribution is 2.17. The monoisotopic (exact) mass is 349 g/mol. The lowest BCUT2D eigenvalue weighted by atomic mass is 10.1. The second-order valence-corrected chi connectivity index (χ2v) is 6.07. The number of aromatic nitrogens is 2. The van der Waals surface area contributed by atoms with E-state index in [1.54, 1.807) is 7.11 Å². The van der Waals surface area contributed by atoms with Crippen molar-refractivity contribution in [1.82, 2.24) is 14.9 Å². The number of rotatable bonds is 7. The number of benzene rings is 2. The number of amides is 1. The summed E-state index contributed by atoms with van der Waals surface area (Å²) in [5.74, 6) is 1.65. The molecule has 5 nitrogen and oxygen atoms in total. The van der Waals surface area contributed by atoms with Gasteiger partial charge in [0.25, 0.3) is 0 Å². The van der Waals surface area contributed by atoms with E-state index in [0.29, 0.717) is 19.4 Å². The lowest BCUT2D eigenvalue weighted by molar-refractivity contribution is -0.120. The maximum absolute atomic E-state index is 12.2. The molecule has 134 valence electrons. The summed E-state index contributed by atoms with van der Waals surface area (Å²) in [7, 11) is 1.61. The first-order valence-corrected chi connectivity index (χ1v) is 8.66. The van der Waals surface area contributed by atoms with Crippen molar-refractivity contribution in [2.45, 2.75) is 19.8 Å². The molecule has 0 fully saturated rings. The number of ether oxygens (including phenoxy) is 1. The topological polar surface area (TPSA) is 56.1 Å². The molecule has 0 aliphatic carbocycles. The fraction of sp³-hybridized carbons (Fsp3) is 0.238. The fourth-order valence-corrected chi connectivity index (χ4v) is 2.92. The smallest absolute Gasteiger partial charge is 0.224 e. The van der Waals surface area contributed by atoms with Gasteiger partial charge in [-0.05, 0) is 25.1 Å². The van der Waals surface area contributed by atoms with Crippen molar-refractivity contribution in [2.75, 3.05) is 13.7 Å². The van der Waals surface area contributed by atoms with Crippen molar-refractivity contribution in [2.24, 2.45) is 0 Å². The normalized spacial score (nSPS) is 10.5. The Morgan fingerprint density at radius 3 is 2.62 bits per heavy atom. The number of methoxy groups -OCH3 is 1. The summed E-state index contributed by atoms with van der Waals surface area (Å²) >= 11 is 0. The zero-order valence-electron chi connectivity index (χ0n) is 15.1. The molecule has 0 aliphatic rings. The molecule has 0 saturated carbocycles. The van der Waals surface area contributed by atoms with Crippen molar-refractivity contribution in [3.63, 3.8) is 0 Å². The second-order valence-electron chi connectivity index (χ2n) is 6.07. The van der Waals surface area contributed by atoms with Crippen molar-refractivity contribution in [1.29, 1.82) is 0 Å². The van der Waals surface area contributed by atoms with Gasteiger partial charge in [-0.25, -0.2) is 4.98 Å². The Labute approximate surface area is 153 Å². The average Bonchev–Trinajstić information content (AvgIpc) is 3.03. The molecule has 0 spiro atoms. The zero-order valence-corrected chi connectivity index (χ0v) is 15.1. The van der Waals surface area contributed by atoms with Crippen LogP contribution >= 0.6 is 0 Å². The minimum absolute atomic E-state index is 0.0197. The molecule has 1 aromatic heterocycles. The molecular formula is C21H23N3O2. The molecule has 3 rings (SSSR count). The maximum Gasteiger partial charge on any atom is 0.224 e. The fourth-order valence-electron chi connectivity index (χ4n) is 2.92. The molecule has 0 unspecified atom stereocenters. The Morgan fingerprint density at radius 2 is 1.85 bits per heavy atom. The van der Waals surface area contributed by atoms with Gasteiger partial charge in [-0.1, -0.05) is 36.4 Å². The minimum atomic E-state index is -0.0197. The molecule has 5 heteroatoms. The first kappa shape index (κ1) is 17.7. The highest BCUT2D eigenvalue weighted by molar-refractivity contribution is 5.79. The van der Waals surface area contributed by atoms with E-state index >= 15 is 0 Å². The van der Waals surface area contributed by atoms with Crippen LogP contribution in [-0.4, -0.2) is 29.1 Å². The number of aryl methyl sites for hydroxylation is 1. The van der Waals surface area contributed by atoms with Crippen LogP contribution in [-0.2, 0) is 17.6 Å². The molecule has 26 heavy (non-hydrogen) atoms. The summed E-state index contributed by atoms with van der Waals surface area (Å²) in [5.41, 5.74) is 2.93. The number of carbonyl (C=O) groups is 1. The zero-order chi connectivity index (χ0) is 18.4. The molecule has 1 heterocycles. The van der Waals surface area contributed by atoms with Gasteiger partial charge >= 0.3 is 0 Å². The van der Waals surface area contributed by atoms with Crippen molar-refractivity contribution in [3.8, 4) is 11.4 Å². The number of carbonyl (C=O) groups excluding carboxylic acids is 1. The molecule has 0 aliphatic heterocycles. The summed E-state index contributed by atoms with van der Waals surface area (Å²) in [4.78, 5) is 16.8. The predicted molar refractivity (Wildman–Crippen MR) is 102 cm³/mol. The summed E-state index contributed by atoms with van der Waals surface area (Å²) in [6.45, 7) is 2.54. The molecule has 0 bridgehead atoms. The quantitative estimate of drug-likeness (QED) is 0.713. The summed E-state index contributed by atoms with van der Waals surface area (Å²) < 4.78 is 7.35. The third-order valence-electron chi connectivity index (χ3n) is 4.21. The van der Waals surface area contributed by atoms with Gasteiger partial charge in [-0.2, -0.15) is 0 Å². The van der Waals surface area contributed by atoms with Crippen molar-refractivity contribution < 1.29 is 9.53 Å². The third kappa shape index (κ3) is 4.30. The van der Waals surface area contributed by atoms with E-state index < -0.39 is 0 Å². The minimum Gasteiger partial charge on any atom is -0.496 e. The van der Waals surface area contributed by atoms with Gasteiger partial charge in [0.1, 0.15) is 11.6 Å². The van der Waals surface area contributed by atoms with Crippen LogP contribution in [0.3, 0.4) is 0 Å². The standard InChI is InChI=1S/C21H23N3O2/c1-16-23-18(15-24(16)19-9-4-3-5-10-19)12-13-22-21(25)14-17-8-6-7-11-20(17)26-2/h3-11,15H,12-14H2,1-2H3,(H,22,25). The average molecular weight is 349 g/mol. The van der Waals surface area contributed by atoms with E-state index in [9.17, 15) is 4.79 Å². The molecule has 2 aromatic carbocycles. The van der Waals surface area contributed by atoms with E-state index in [-0.39, 0.29) is 5.91 Å². The number of hydrogen-bond acceptors (Lipinski definition) is 3. The van der Waals surface area contributed by atoms with Crippen LogP contribution in [0.2, 0.25) is 0 Å². The Kier molecular flexibility index (Phi) is 5.69. The summed E-state index contributed by atoms with van der Waals surface area (Å²) in [6.07, 6.45) is 3.02. The van der Waals surface area contributed by atoms with Crippen LogP contribution in [0.25, 0.3) is 5.69 Å². The van der Waals surface area contributed by atoms with Gasteiger partial charge < -0.3 is 14.6 Å². The van der Waals surface area contributed by atoms with Gasteiger partial charge in [-0.3, -0.25) is 4.79 Å². The lowest BCUT2D eigenvalue weighted by Crippen LogP contribution is -2.27. The maximum atomic E-state index is 12.2. The van der Waals surface area contributed by atoms with Crippen LogP contribution < -0.4 is 10.1 Å². The van der Waals surface area contributed by atoms with E-state index in [2.05, 4.69) is 14.9 Å². The van der Waals surface area contributed by atoms with Crippen LogP contribution in [0.15, 0.2) is 60.8 Å². The van der Waals surface area contributed by atoms with Gasteiger partial charge in [0.2, 0.25) is 5.91 Å². The third-order valence-corrected chi connectivity index (χ3v) is 4.21. The number of hydrogen-bond donors (Lipinski definition) is 1. The Bertz CT molecular complexity index is 872. The first-order valence-electron chi connectivity index (χ1n) is 8.66. The Balaban J connectivity index is 1.54. The molecule has 1 N–H and O–H groups in total. The molecule has 1 amide bonds. The number of nitrogens with zero attached hydrogens (tertiary/aromatic N) is 2. The second kappa shape index (κ2) is 8.34. The molecular weight excluding hydrogens is 326 g/mol. The van der Waals surface area contributed by atoms with Crippen molar-refractivity contribution in [3.05, 3.63) is 77.9 Å². The Morgan fingerprint density at radius 1 is 1.12 bits per heavy atom. The summed E-state index contributed by atoms with van der Waals surface area (Å²) in [6, 6.07) is 17.7. The van der Waals surface area contributed by atoms with Crippen LogP contribution in [0.1, 0.15) is 17.1 Å². The number of nitrogens with one attached hydrogen (secondary N) is 1. The molecule has 3 aromatic rings. The van der Waals surface area contributed by atoms with E-state index in [0.717, 1.165) is 28.5 Å². The van der Waals surface area contributed by atoms with Crippen LogP contribution in [0.5, 0.6) is 5.75 Å². The molecule has 0 radical (unpaired) electrons. The number of imidazole rings is 1. The van der Waals surface area contributed by atoms with Gasteiger partial charge in [-0.15, -0.1) is 0 Å². The SMILES string of the molecule is COc1ccccc1CC(=O)NCCc1cn(-c2ccccc2)c(C)n1.